The minimum Gasteiger partial charge on any atom is -0.493 e. The summed E-state index contributed by atoms with van der Waals surface area (Å²) in [5, 5.41) is 8.01. The molecule has 0 spiro atoms. The third kappa shape index (κ3) is 4.18. The number of alkyl halides is 2. The Bertz CT molecular complexity index is 914. The van der Waals surface area contributed by atoms with Gasteiger partial charge in [-0.1, -0.05) is 35.9 Å². The normalized spacial score (nSPS) is 11.7. The molecule has 8 heteroatoms. The summed E-state index contributed by atoms with van der Waals surface area (Å²) in [5.74, 6) is 0.514. The van der Waals surface area contributed by atoms with Crippen LogP contribution in [0.25, 0.3) is 22.6 Å². The molecule has 3 rings (SSSR count). The molecule has 0 atom stereocenters. The van der Waals surface area contributed by atoms with Crippen molar-refractivity contribution in [1.29, 1.82) is 0 Å². The molecule has 0 amide bonds. The summed E-state index contributed by atoms with van der Waals surface area (Å²) in [6.45, 7) is -2.97. The highest BCUT2D eigenvalue weighted by Gasteiger charge is 2.13. The van der Waals surface area contributed by atoms with Gasteiger partial charge in [-0.05, 0) is 35.9 Å². The average molecular weight is 379 g/mol. The van der Waals surface area contributed by atoms with Crippen LogP contribution in [-0.4, -0.2) is 23.9 Å². The van der Waals surface area contributed by atoms with E-state index in [9.17, 15) is 8.78 Å². The molecule has 0 unspecified atom stereocenters. The Morgan fingerprint density at radius 2 is 1.88 bits per heavy atom. The zero-order valence-electron chi connectivity index (χ0n) is 13.5. The standard InChI is InChI=1S/C18H13ClF2N2O3/c1-24-14-8-7-11(10-15(14)25-18(20)21)9-13(19)17-23-22-16(26-17)12-5-3-2-4-6-12/h2-10,18H,1H3/b13-9-. The first-order valence-electron chi connectivity index (χ1n) is 7.46. The van der Waals surface area contributed by atoms with Gasteiger partial charge >= 0.3 is 6.61 Å². The zero-order valence-corrected chi connectivity index (χ0v) is 14.3. The van der Waals surface area contributed by atoms with Crippen molar-refractivity contribution in [2.75, 3.05) is 7.11 Å². The molecule has 0 aliphatic rings. The first-order chi connectivity index (χ1) is 12.6. The maximum atomic E-state index is 12.5. The lowest BCUT2D eigenvalue weighted by Crippen LogP contribution is -2.03. The largest absolute Gasteiger partial charge is 0.493 e. The van der Waals surface area contributed by atoms with E-state index in [1.54, 1.807) is 6.07 Å². The number of hydrogen-bond acceptors (Lipinski definition) is 5. The lowest BCUT2D eigenvalue weighted by molar-refractivity contribution is -0.0512. The monoisotopic (exact) mass is 378 g/mol. The number of nitrogens with zero attached hydrogens (tertiary/aromatic N) is 2. The molecule has 1 aromatic heterocycles. The van der Waals surface area contributed by atoms with Crippen molar-refractivity contribution in [3.05, 3.63) is 60.0 Å². The molecule has 0 aliphatic heterocycles. The highest BCUT2D eigenvalue weighted by atomic mass is 35.5. The van der Waals surface area contributed by atoms with E-state index in [1.165, 1.54) is 25.3 Å². The molecule has 5 nitrogen and oxygen atoms in total. The quantitative estimate of drug-likeness (QED) is 0.598. The van der Waals surface area contributed by atoms with Crippen molar-refractivity contribution in [3.63, 3.8) is 0 Å². The molecule has 0 radical (unpaired) electrons. The van der Waals surface area contributed by atoms with Crippen LogP contribution in [0.4, 0.5) is 8.78 Å². The minimum absolute atomic E-state index is 0.101. The van der Waals surface area contributed by atoms with Crippen molar-refractivity contribution in [2.45, 2.75) is 6.61 Å². The molecule has 26 heavy (non-hydrogen) atoms. The summed E-state index contributed by atoms with van der Waals surface area (Å²) in [4.78, 5) is 0. The SMILES string of the molecule is COc1ccc(/C=C(\Cl)c2nnc(-c3ccccc3)o2)cc1OC(F)F. The fourth-order valence-electron chi connectivity index (χ4n) is 2.20. The second-order valence-corrected chi connectivity index (χ2v) is 5.47. The predicted octanol–water partition coefficient (Wildman–Crippen LogP) is 5.08. The van der Waals surface area contributed by atoms with Crippen LogP contribution in [-0.2, 0) is 0 Å². The molecule has 2 aromatic carbocycles. The van der Waals surface area contributed by atoms with Gasteiger partial charge in [0.25, 0.3) is 5.89 Å². The Morgan fingerprint density at radius 3 is 2.58 bits per heavy atom. The van der Waals surface area contributed by atoms with Gasteiger partial charge < -0.3 is 13.9 Å². The number of benzene rings is 2. The van der Waals surface area contributed by atoms with Crippen LogP contribution < -0.4 is 9.47 Å². The molecule has 0 bridgehead atoms. The molecule has 134 valence electrons. The third-order valence-electron chi connectivity index (χ3n) is 3.35. The lowest BCUT2D eigenvalue weighted by atomic mass is 10.2. The van der Waals surface area contributed by atoms with E-state index >= 15 is 0 Å². The van der Waals surface area contributed by atoms with Crippen LogP contribution in [0, 0.1) is 0 Å². The maximum Gasteiger partial charge on any atom is 0.387 e. The van der Waals surface area contributed by atoms with Gasteiger partial charge in [0.2, 0.25) is 5.89 Å². The summed E-state index contributed by atoms with van der Waals surface area (Å²) in [5.41, 5.74) is 1.26. The number of methoxy groups -OCH3 is 1. The van der Waals surface area contributed by atoms with Crippen molar-refractivity contribution in [2.24, 2.45) is 0 Å². The van der Waals surface area contributed by atoms with Crippen LogP contribution in [0.2, 0.25) is 0 Å². The number of aromatic nitrogens is 2. The summed E-state index contributed by atoms with van der Waals surface area (Å²) < 4.78 is 40.0. The van der Waals surface area contributed by atoms with Gasteiger partial charge in [-0.15, -0.1) is 10.2 Å². The second kappa shape index (κ2) is 7.97. The molecule has 1 heterocycles. The van der Waals surface area contributed by atoms with Gasteiger partial charge in [0.15, 0.2) is 11.5 Å². The Balaban J connectivity index is 1.87. The zero-order chi connectivity index (χ0) is 18.5. The number of halogens is 3. The number of ether oxygens (including phenoxy) is 2. The molecule has 0 fully saturated rings. The van der Waals surface area contributed by atoms with Crippen LogP contribution >= 0.6 is 11.6 Å². The van der Waals surface area contributed by atoms with Crippen molar-refractivity contribution in [3.8, 4) is 23.0 Å². The van der Waals surface area contributed by atoms with Gasteiger partial charge in [-0.25, -0.2) is 0 Å². The maximum absolute atomic E-state index is 12.5. The topological polar surface area (TPSA) is 57.4 Å². The van der Waals surface area contributed by atoms with Crippen molar-refractivity contribution < 1.29 is 22.7 Å². The van der Waals surface area contributed by atoms with Gasteiger partial charge in [-0.2, -0.15) is 8.78 Å². The Kier molecular flexibility index (Phi) is 5.48. The highest BCUT2D eigenvalue weighted by molar-refractivity contribution is 6.50. The van der Waals surface area contributed by atoms with Gasteiger partial charge in [-0.3, -0.25) is 0 Å². The Labute approximate surface area is 152 Å². The minimum atomic E-state index is -2.97. The molecule has 3 aromatic rings. The predicted molar refractivity (Wildman–Crippen MR) is 93.1 cm³/mol. The Morgan fingerprint density at radius 1 is 1.12 bits per heavy atom. The van der Waals surface area contributed by atoms with Gasteiger partial charge in [0, 0.05) is 5.56 Å². The average Bonchev–Trinajstić information content (AvgIpc) is 3.12. The molecule has 0 saturated carbocycles. The van der Waals surface area contributed by atoms with Crippen LogP contribution in [0.1, 0.15) is 11.5 Å². The summed E-state index contributed by atoms with van der Waals surface area (Å²) in [7, 11) is 1.36. The fraction of sp³-hybridized carbons (Fsp3) is 0.111. The van der Waals surface area contributed by atoms with E-state index in [1.807, 2.05) is 30.3 Å². The fourth-order valence-corrected chi connectivity index (χ4v) is 2.40. The van der Waals surface area contributed by atoms with E-state index in [-0.39, 0.29) is 22.4 Å². The summed E-state index contributed by atoms with van der Waals surface area (Å²) in [6, 6.07) is 13.7. The molecule has 0 aliphatic carbocycles. The first-order valence-corrected chi connectivity index (χ1v) is 7.84. The van der Waals surface area contributed by atoms with Gasteiger partial charge in [0.1, 0.15) is 5.03 Å². The van der Waals surface area contributed by atoms with E-state index in [0.29, 0.717) is 11.5 Å². The third-order valence-corrected chi connectivity index (χ3v) is 3.62. The summed E-state index contributed by atoms with van der Waals surface area (Å²) in [6.07, 6.45) is 1.50. The molecule has 0 saturated heterocycles. The number of hydrogen-bond donors (Lipinski definition) is 0. The van der Waals surface area contributed by atoms with Gasteiger partial charge in [0.05, 0.1) is 7.11 Å². The summed E-state index contributed by atoms with van der Waals surface area (Å²) >= 11 is 6.22. The van der Waals surface area contributed by atoms with Crippen LogP contribution in [0.15, 0.2) is 52.9 Å². The second-order valence-electron chi connectivity index (χ2n) is 5.06. The first kappa shape index (κ1) is 17.9. The smallest absolute Gasteiger partial charge is 0.387 e. The Hall–Kier alpha value is -2.93. The van der Waals surface area contributed by atoms with Crippen molar-refractivity contribution in [1.82, 2.24) is 10.2 Å². The molecular formula is C18H13ClF2N2O3. The van der Waals surface area contributed by atoms with Crippen molar-refractivity contribution >= 4 is 22.7 Å². The van der Waals surface area contributed by atoms with E-state index in [0.717, 1.165) is 5.56 Å². The lowest BCUT2D eigenvalue weighted by Gasteiger charge is -2.10. The highest BCUT2D eigenvalue weighted by Crippen LogP contribution is 2.32. The van der Waals surface area contributed by atoms with Crippen LogP contribution in [0.5, 0.6) is 11.5 Å². The van der Waals surface area contributed by atoms with E-state index in [2.05, 4.69) is 14.9 Å². The van der Waals surface area contributed by atoms with Crippen LogP contribution in [0.3, 0.4) is 0 Å². The number of rotatable bonds is 6. The van der Waals surface area contributed by atoms with E-state index in [4.69, 9.17) is 20.8 Å². The molecule has 0 N–H and O–H groups in total. The van der Waals surface area contributed by atoms with E-state index < -0.39 is 6.61 Å². The molecular weight excluding hydrogens is 366 g/mol.